The van der Waals surface area contributed by atoms with Crippen LogP contribution < -0.4 is 0 Å². The van der Waals surface area contributed by atoms with Gasteiger partial charge in [-0.1, -0.05) is 11.6 Å². The Bertz CT molecular complexity index is 604. The van der Waals surface area contributed by atoms with Crippen molar-refractivity contribution in [3.05, 3.63) is 29.2 Å². The highest BCUT2D eigenvalue weighted by Crippen LogP contribution is 2.37. The first-order valence-electron chi connectivity index (χ1n) is 6.10. The van der Waals surface area contributed by atoms with Crippen molar-refractivity contribution in [2.75, 3.05) is 7.11 Å². The number of carbonyl (C=O) groups is 1. The van der Waals surface area contributed by atoms with E-state index in [0.717, 1.165) is 25.1 Å². The van der Waals surface area contributed by atoms with Crippen molar-refractivity contribution in [1.29, 1.82) is 0 Å². The standard InChI is InChI=1S/C13H13ClN2O3/c1-18-13(17)8-4-2-6-16-10(8)11(14)15-12(16)9-5-3-7-19-9/h3,5,7-8H,2,4,6H2,1H3. The van der Waals surface area contributed by atoms with Gasteiger partial charge in [-0.3, -0.25) is 4.79 Å². The Labute approximate surface area is 115 Å². The average molecular weight is 281 g/mol. The molecular formula is C13H13ClN2O3. The van der Waals surface area contributed by atoms with Gasteiger partial charge in [0.1, 0.15) is 5.92 Å². The van der Waals surface area contributed by atoms with Crippen molar-refractivity contribution >= 4 is 17.6 Å². The second-order valence-electron chi connectivity index (χ2n) is 4.46. The third-order valence-corrected chi connectivity index (χ3v) is 3.67. The normalized spacial score (nSPS) is 18.1. The van der Waals surface area contributed by atoms with Gasteiger partial charge in [0, 0.05) is 6.54 Å². The molecule has 6 heteroatoms. The van der Waals surface area contributed by atoms with Crippen LogP contribution in [0.25, 0.3) is 11.6 Å². The summed E-state index contributed by atoms with van der Waals surface area (Å²) in [6.45, 7) is 0.776. The van der Waals surface area contributed by atoms with Crippen LogP contribution in [0.3, 0.4) is 0 Å². The molecule has 0 bridgehead atoms. The lowest BCUT2D eigenvalue weighted by Gasteiger charge is -2.23. The minimum absolute atomic E-state index is 0.270. The summed E-state index contributed by atoms with van der Waals surface area (Å²) in [7, 11) is 1.39. The molecule has 0 aliphatic carbocycles. The molecule has 100 valence electrons. The van der Waals surface area contributed by atoms with E-state index in [1.54, 1.807) is 12.3 Å². The number of halogens is 1. The van der Waals surface area contributed by atoms with Gasteiger partial charge in [-0.25, -0.2) is 4.98 Å². The van der Waals surface area contributed by atoms with Gasteiger partial charge in [0.15, 0.2) is 16.7 Å². The molecule has 0 spiro atoms. The van der Waals surface area contributed by atoms with E-state index < -0.39 is 0 Å². The predicted octanol–water partition coefficient (Wildman–Crippen LogP) is 2.85. The Morgan fingerprint density at radius 1 is 1.63 bits per heavy atom. The van der Waals surface area contributed by atoms with Crippen molar-refractivity contribution < 1.29 is 13.9 Å². The van der Waals surface area contributed by atoms with E-state index in [4.69, 9.17) is 20.8 Å². The van der Waals surface area contributed by atoms with Gasteiger partial charge in [0.05, 0.1) is 19.1 Å². The van der Waals surface area contributed by atoms with Gasteiger partial charge >= 0.3 is 5.97 Å². The molecule has 3 heterocycles. The molecule has 2 aromatic heterocycles. The minimum atomic E-state index is -0.345. The smallest absolute Gasteiger partial charge is 0.314 e. The highest BCUT2D eigenvalue weighted by atomic mass is 35.5. The molecule has 0 fully saturated rings. The number of rotatable bonds is 2. The van der Waals surface area contributed by atoms with Gasteiger partial charge < -0.3 is 13.7 Å². The maximum Gasteiger partial charge on any atom is 0.314 e. The fourth-order valence-electron chi connectivity index (χ4n) is 2.55. The molecule has 0 saturated heterocycles. The lowest BCUT2D eigenvalue weighted by Crippen LogP contribution is -2.23. The van der Waals surface area contributed by atoms with Crippen LogP contribution in [0.15, 0.2) is 22.8 Å². The van der Waals surface area contributed by atoms with Crippen LogP contribution in [0.2, 0.25) is 5.15 Å². The zero-order chi connectivity index (χ0) is 13.4. The maximum absolute atomic E-state index is 11.8. The van der Waals surface area contributed by atoms with Crippen molar-refractivity contribution in [2.24, 2.45) is 0 Å². The number of hydrogen-bond donors (Lipinski definition) is 0. The molecule has 0 aromatic carbocycles. The number of hydrogen-bond acceptors (Lipinski definition) is 4. The first-order valence-corrected chi connectivity index (χ1v) is 6.47. The summed E-state index contributed by atoms with van der Waals surface area (Å²) >= 11 is 6.19. The van der Waals surface area contributed by atoms with Crippen LogP contribution in [0.1, 0.15) is 24.5 Å². The molecule has 1 aliphatic rings. The number of carbonyl (C=O) groups excluding carboxylic acids is 1. The molecule has 0 radical (unpaired) electrons. The lowest BCUT2D eigenvalue weighted by atomic mass is 9.96. The molecule has 1 aliphatic heterocycles. The quantitative estimate of drug-likeness (QED) is 0.794. The number of methoxy groups -OCH3 is 1. The molecular weight excluding hydrogens is 268 g/mol. The molecule has 19 heavy (non-hydrogen) atoms. The second kappa shape index (κ2) is 4.74. The highest BCUT2D eigenvalue weighted by Gasteiger charge is 2.33. The predicted molar refractivity (Wildman–Crippen MR) is 68.9 cm³/mol. The topological polar surface area (TPSA) is 57.3 Å². The van der Waals surface area contributed by atoms with Gasteiger partial charge in [0.2, 0.25) is 0 Å². The largest absolute Gasteiger partial charge is 0.469 e. The van der Waals surface area contributed by atoms with E-state index >= 15 is 0 Å². The van der Waals surface area contributed by atoms with Crippen molar-refractivity contribution in [1.82, 2.24) is 9.55 Å². The molecule has 5 nitrogen and oxygen atoms in total. The van der Waals surface area contributed by atoms with E-state index in [1.807, 2.05) is 10.6 Å². The van der Waals surface area contributed by atoms with Crippen molar-refractivity contribution in [3.63, 3.8) is 0 Å². The van der Waals surface area contributed by atoms with Crippen molar-refractivity contribution in [3.8, 4) is 11.6 Å². The van der Waals surface area contributed by atoms with Crippen LogP contribution >= 0.6 is 11.6 Å². The summed E-state index contributed by atoms with van der Waals surface area (Å²) in [5, 5.41) is 0.349. The van der Waals surface area contributed by atoms with Crippen LogP contribution in [-0.2, 0) is 16.1 Å². The lowest BCUT2D eigenvalue weighted by molar-refractivity contribution is -0.143. The summed E-state index contributed by atoms with van der Waals surface area (Å²) in [5.74, 6) is 0.702. The summed E-state index contributed by atoms with van der Waals surface area (Å²) in [6.07, 6.45) is 3.20. The summed E-state index contributed by atoms with van der Waals surface area (Å²) in [4.78, 5) is 16.2. The van der Waals surface area contributed by atoms with Crippen LogP contribution in [-0.4, -0.2) is 22.6 Å². The highest BCUT2D eigenvalue weighted by molar-refractivity contribution is 6.30. The van der Waals surface area contributed by atoms with Crippen molar-refractivity contribution in [2.45, 2.75) is 25.3 Å². The second-order valence-corrected chi connectivity index (χ2v) is 4.82. The molecule has 3 rings (SSSR count). The van der Waals surface area contributed by atoms with E-state index in [9.17, 15) is 4.79 Å². The number of imidazole rings is 1. The Hall–Kier alpha value is -1.75. The fourth-order valence-corrected chi connectivity index (χ4v) is 2.86. The third-order valence-electron chi connectivity index (χ3n) is 3.39. The first kappa shape index (κ1) is 12.3. The Morgan fingerprint density at radius 3 is 3.16 bits per heavy atom. The van der Waals surface area contributed by atoms with Crippen LogP contribution in [0.4, 0.5) is 0 Å². The maximum atomic E-state index is 11.8. The Balaban J connectivity index is 2.11. The molecule has 0 saturated carbocycles. The van der Waals surface area contributed by atoms with Crippen LogP contribution in [0.5, 0.6) is 0 Å². The first-order chi connectivity index (χ1) is 9.22. The van der Waals surface area contributed by atoms with Crippen LogP contribution in [0, 0.1) is 0 Å². The van der Waals surface area contributed by atoms with E-state index in [0.29, 0.717) is 16.7 Å². The van der Waals surface area contributed by atoms with Gasteiger partial charge in [-0.2, -0.15) is 0 Å². The monoisotopic (exact) mass is 280 g/mol. The summed E-state index contributed by atoms with van der Waals surface area (Å²) in [5.41, 5.74) is 0.728. The number of aromatic nitrogens is 2. The average Bonchev–Trinajstić information content (AvgIpc) is 3.06. The number of furan rings is 1. The van der Waals surface area contributed by atoms with E-state index in [2.05, 4.69) is 4.98 Å². The number of fused-ring (bicyclic) bond motifs is 1. The zero-order valence-corrected chi connectivity index (χ0v) is 11.2. The summed E-state index contributed by atoms with van der Waals surface area (Å²) < 4.78 is 12.2. The molecule has 1 atom stereocenters. The van der Waals surface area contributed by atoms with E-state index in [1.165, 1.54) is 7.11 Å². The number of esters is 1. The molecule has 2 aromatic rings. The van der Waals surface area contributed by atoms with Gasteiger partial charge in [0.25, 0.3) is 0 Å². The Morgan fingerprint density at radius 2 is 2.47 bits per heavy atom. The zero-order valence-electron chi connectivity index (χ0n) is 10.4. The van der Waals surface area contributed by atoms with E-state index in [-0.39, 0.29) is 11.9 Å². The Kier molecular flexibility index (Phi) is 3.06. The minimum Gasteiger partial charge on any atom is -0.469 e. The molecule has 0 N–H and O–H groups in total. The fraction of sp³-hybridized carbons (Fsp3) is 0.385. The molecule has 1 unspecified atom stereocenters. The van der Waals surface area contributed by atoms with Gasteiger partial charge in [-0.15, -0.1) is 0 Å². The summed E-state index contributed by atoms with van der Waals surface area (Å²) in [6, 6.07) is 3.62. The molecule has 0 amide bonds. The third kappa shape index (κ3) is 1.94. The SMILES string of the molecule is COC(=O)C1CCCn2c(-c3ccco3)nc(Cl)c21. The number of nitrogens with zero attached hydrogens (tertiary/aromatic N) is 2. The van der Waals surface area contributed by atoms with Gasteiger partial charge in [-0.05, 0) is 25.0 Å². The number of ether oxygens (including phenoxy) is 1.